The standard InChI is InChI=1S/C10H17ClN4/c1-8-3-4-15(7-10(8)11)6-9-5-14(2)13-12-9/h5,8,10H,3-4,6-7H2,1-2H3. The van der Waals surface area contributed by atoms with Crippen molar-refractivity contribution in [2.24, 2.45) is 13.0 Å². The smallest absolute Gasteiger partial charge is 0.0967 e. The topological polar surface area (TPSA) is 34.0 Å². The Labute approximate surface area is 95.2 Å². The van der Waals surface area contributed by atoms with E-state index in [0.717, 1.165) is 25.3 Å². The van der Waals surface area contributed by atoms with Crippen molar-refractivity contribution < 1.29 is 0 Å². The van der Waals surface area contributed by atoms with E-state index in [-0.39, 0.29) is 5.38 Å². The number of aryl methyl sites for hydroxylation is 1. The molecule has 84 valence electrons. The summed E-state index contributed by atoms with van der Waals surface area (Å²) >= 11 is 6.25. The largest absolute Gasteiger partial charge is 0.296 e. The lowest BCUT2D eigenvalue weighted by atomic mass is 9.98. The van der Waals surface area contributed by atoms with Gasteiger partial charge in [0.05, 0.1) is 5.69 Å². The fourth-order valence-electron chi connectivity index (χ4n) is 1.93. The Morgan fingerprint density at radius 3 is 3.00 bits per heavy atom. The van der Waals surface area contributed by atoms with E-state index in [1.165, 1.54) is 6.42 Å². The molecule has 1 aliphatic heterocycles. The van der Waals surface area contributed by atoms with Crippen LogP contribution in [-0.4, -0.2) is 38.4 Å². The molecule has 5 heteroatoms. The Bertz CT molecular complexity index is 325. The third-order valence-electron chi connectivity index (χ3n) is 2.99. The molecule has 2 rings (SSSR count). The summed E-state index contributed by atoms with van der Waals surface area (Å²) in [6, 6.07) is 0. The number of aromatic nitrogens is 3. The normalized spacial score (nSPS) is 28.2. The van der Waals surface area contributed by atoms with Gasteiger partial charge in [-0.15, -0.1) is 16.7 Å². The summed E-state index contributed by atoms with van der Waals surface area (Å²) in [6.45, 7) is 5.15. The molecular formula is C10H17ClN4. The van der Waals surface area contributed by atoms with E-state index in [2.05, 4.69) is 22.1 Å². The molecule has 1 saturated heterocycles. The third kappa shape index (κ3) is 2.69. The molecule has 0 aliphatic carbocycles. The SMILES string of the molecule is CC1CCN(Cc2cn(C)nn2)CC1Cl. The van der Waals surface area contributed by atoms with Crippen LogP contribution in [0.1, 0.15) is 19.0 Å². The molecule has 2 unspecified atom stereocenters. The highest BCUT2D eigenvalue weighted by atomic mass is 35.5. The Morgan fingerprint density at radius 2 is 2.40 bits per heavy atom. The first kappa shape index (κ1) is 10.9. The number of alkyl halides is 1. The maximum atomic E-state index is 6.25. The predicted molar refractivity (Wildman–Crippen MR) is 59.7 cm³/mol. The second-order valence-corrected chi connectivity index (χ2v) is 4.96. The van der Waals surface area contributed by atoms with Gasteiger partial charge < -0.3 is 0 Å². The van der Waals surface area contributed by atoms with Gasteiger partial charge in [0.1, 0.15) is 0 Å². The lowest BCUT2D eigenvalue weighted by Crippen LogP contribution is -2.39. The van der Waals surface area contributed by atoms with Crippen LogP contribution in [0.15, 0.2) is 6.20 Å². The summed E-state index contributed by atoms with van der Waals surface area (Å²) in [7, 11) is 1.89. The minimum atomic E-state index is 0.274. The lowest BCUT2D eigenvalue weighted by molar-refractivity contribution is 0.187. The molecule has 0 radical (unpaired) electrons. The summed E-state index contributed by atoms with van der Waals surface area (Å²) in [5.74, 6) is 0.629. The highest BCUT2D eigenvalue weighted by Gasteiger charge is 2.24. The molecule has 2 atom stereocenters. The zero-order valence-electron chi connectivity index (χ0n) is 9.23. The summed E-state index contributed by atoms with van der Waals surface area (Å²) in [5.41, 5.74) is 1.02. The van der Waals surface area contributed by atoms with Crippen molar-refractivity contribution in [1.82, 2.24) is 19.9 Å². The van der Waals surface area contributed by atoms with Gasteiger partial charge in [-0.2, -0.15) is 0 Å². The quantitative estimate of drug-likeness (QED) is 0.715. The molecule has 1 aromatic heterocycles. The summed E-state index contributed by atoms with van der Waals surface area (Å²) in [6.07, 6.45) is 3.13. The zero-order valence-corrected chi connectivity index (χ0v) is 9.98. The Kier molecular flexibility index (Phi) is 3.26. The number of hydrogen-bond donors (Lipinski definition) is 0. The first-order chi connectivity index (χ1) is 7.15. The van der Waals surface area contributed by atoms with E-state index in [4.69, 9.17) is 11.6 Å². The molecule has 0 amide bonds. The van der Waals surface area contributed by atoms with Crippen LogP contribution < -0.4 is 0 Å². The van der Waals surface area contributed by atoms with Gasteiger partial charge in [-0.3, -0.25) is 9.58 Å². The predicted octanol–water partition coefficient (Wildman–Crippen LogP) is 1.26. The fraction of sp³-hybridized carbons (Fsp3) is 0.800. The van der Waals surface area contributed by atoms with E-state index in [1.54, 1.807) is 4.68 Å². The van der Waals surface area contributed by atoms with Crippen LogP contribution in [-0.2, 0) is 13.6 Å². The second kappa shape index (κ2) is 4.49. The van der Waals surface area contributed by atoms with Gasteiger partial charge in [-0.05, 0) is 18.9 Å². The minimum absolute atomic E-state index is 0.274. The Balaban J connectivity index is 1.90. The van der Waals surface area contributed by atoms with Crippen LogP contribution in [0, 0.1) is 5.92 Å². The lowest BCUT2D eigenvalue weighted by Gasteiger charge is -2.33. The fourth-order valence-corrected chi connectivity index (χ4v) is 2.25. The van der Waals surface area contributed by atoms with Crippen LogP contribution in [0.4, 0.5) is 0 Å². The van der Waals surface area contributed by atoms with Crippen molar-refractivity contribution in [1.29, 1.82) is 0 Å². The van der Waals surface area contributed by atoms with Crippen molar-refractivity contribution >= 4 is 11.6 Å². The van der Waals surface area contributed by atoms with Gasteiger partial charge in [0.2, 0.25) is 0 Å². The van der Waals surface area contributed by atoms with Crippen molar-refractivity contribution in [3.63, 3.8) is 0 Å². The molecule has 0 saturated carbocycles. The molecule has 0 spiro atoms. The van der Waals surface area contributed by atoms with E-state index >= 15 is 0 Å². The number of rotatable bonds is 2. The molecule has 4 nitrogen and oxygen atoms in total. The highest BCUT2D eigenvalue weighted by Crippen LogP contribution is 2.22. The van der Waals surface area contributed by atoms with Crippen molar-refractivity contribution in [2.45, 2.75) is 25.3 Å². The Morgan fingerprint density at radius 1 is 1.60 bits per heavy atom. The third-order valence-corrected chi connectivity index (χ3v) is 3.55. The van der Waals surface area contributed by atoms with Crippen LogP contribution in [0.25, 0.3) is 0 Å². The maximum Gasteiger partial charge on any atom is 0.0967 e. The molecule has 0 bridgehead atoms. The molecule has 1 aromatic rings. The van der Waals surface area contributed by atoms with Gasteiger partial charge >= 0.3 is 0 Å². The molecule has 1 fully saturated rings. The van der Waals surface area contributed by atoms with Crippen molar-refractivity contribution in [3.05, 3.63) is 11.9 Å². The molecular weight excluding hydrogens is 212 g/mol. The van der Waals surface area contributed by atoms with Gasteiger partial charge in [-0.25, -0.2) is 0 Å². The molecule has 0 aromatic carbocycles. The summed E-state index contributed by atoms with van der Waals surface area (Å²) < 4.78 is 1.74. The van der Waals surface area contributed by atoms with E-state index in [0.29, 0.717) is 5.92 Å². The van der Waals surface area contributed by atoms with E-state index in [9.17, 15) is 0 Å². The average Bonchev–Trinajstić information content (AvgIpc) is 2.58. The van der Waals surface area contributed by atoms with Gasteiger partial charge in [0.25, 0.3) is 0 Å². The number of likely N-dealkylation sites (tertiary alicyclic amines) is 1. The monoisotopic (exact) mass is 228 g/mol. The Hall–Kier alpha value is -0.610. The highest BCUT2D eigenvalue weighted by molar-refractivity contribution is 6.21. The number of hydrogen-bond acceptors (Lipinski definition) is 3. The van der Waals surface area contributed by atoms with Crippen LogP contribution in [0.3, 0.4) is 0 Å². The van der Waals surface area contributed by atoms with Crippen LogP contribution in [0.5, 0.6) is 0 Å². The van der Waals surface area contributed by atoms with E-state index < -0.39 is 0 Å². The number of piperidine rings is 1. The van der Waals surface area contributed by atoms with Gasteiger partial charge in [0, 0.05) is 31.7 Å². The minimum Gasteiger partial charge on any atom is -0.296 e. The maximum absolute atomic E-state index is 6.25. The average molecular weight is 229 g/mol. The van der Waals surface area contributed by atoms with Crippen molar-refractivity contribution in [2.75, 3.05) is 13.1 Å². The first-order valence-corrected chi connectivity index (χ1v) is 5.80. The molecule has 2 heterocycles. The molecule has 0 N–H and O–H groups in total. The second-order valence-electron chi connectivity index (χ2n) is 4.40. The van der Waals surface area contributed by atoms with Crippen LogP contribution >= 0.6 is 11.6 Å². The van der Waals surface area contributed by atoms with E-state index in [1.807, 2.05) is 13.2 Å². The van der Waals surface area contributed by atoms with Gasteiger partial charge in [-0.1, -0.05) is 12.1 Å². The molecule has 15 heavy (non-hydrogen) atoms. The zero-order chi connectivity index (χ0) is 10.8. The summed E-state index contributed by atoms with van der Waals surface area (Å²) in [4.78, 5) is 2.35. The summed E-state index contributed by atoms with van der Waals surface area (Å²) in [5, 5.41) is 8.28. The number of nitrogens with zero attached hydrogens (tertiary/aromatic N) is 4. The van der Waals surface area contributed by atoms with Crippen molar-refractivity contribution in [3.8, 4) is 0 Å². The van der Waals surface area contributed by atoms with Crippen LogP contribution in [0.2, 0.25) is 0 Å². The molecule has 1 aliphatic rings. The van der Waals surface area contributed by atoms with Gasteiger partial charge in [0.15, 0.2) is 0 Å². The first-order valence-electron chi connectivity index (χ1n) is 5.37. The number of halogens is 1.